The van der Waals surface area contributed by atoms with E-state index in [0.29, 0.717) is 35.1 Å². The third-order valence-corrected chi connectivity index (χ3v) is 6.89. The second-order valence-electron chi connectivity index (χ2n) is 7.39. The minimum absolute atomic E-state index is 0.127. The van der Waals surface area contributed by atoms with Gasteiger partial charge in [0.25, 0.3) is 0 Å². The first-order valence-corrected chi connectivity index (χ1v) is 12.4. The van der Waals surface area contributed by atoms with Crippen molar-refractivity contribution in [1.82, 2.24) is 4.98 Å². The third-order valence-electron chi connectivity index (χ3n) is 5.00. The number of halogens is 1. The highest BCUT2D eigenvalue weighted by Gasteiger charge is 2.51. The lowest BCUT2D eigenvalue weighted by atomic mass is 9.94. The summed E-state index contributed by atoms with van der Waals surface area (Å²) >= 11 is 7.65. The molecule has 0 aliphatic heterocycles. The zero-order valence-corrected chi connectivity index (χ0v) is 18.6. The van der Waals surface area contributed by atoms with Gasteiger partial charge in [-0.15, -0.1) is 11.3 Å². The first-order valence-electron chi connectivity index (χ1n) is 9.33. The molecular weight excluding hydrogens is 442 g/mol. The lowest BCUT2D eigenvalue weighted by Crippen LogP contribution is -2.27. The topological polar surface area (TPSA) is 88.2 Å². The van der Waals surface area contributed by atoms with Crippen LogP contribution >= 0.6 is 22.9 Å². The molecule has 2 N–H and O–H groups in total. The zero-order chi connectivity index (χ0) is 21.4. The Morgan fingerprint density at radius 1 is 1.20 bits per heavy atom. The van der Waals surface area contributed by atoms with Gasteiger partial charge in [-0.25, -0.2) is 13.4 Å². The molecule has 0 unspecified atom stereocenters. The fourth-order valence-corrected chi connectivity index (χ4v) is 4.95. The van der Waals surface area contributed by atoms with E-state index in [1.54, 1.807) is 24.4 Å². The first kappa shape index (κ1) is 20.8. The molecular formula is C21H20ClN3O3S2. The third kappa shape index (κ3) is 4.66. The molecule has 1 aromatic heterocycles. The van der Waals surface area contributed by atoms with E-state index in [1.165, 1.54) is 11.3 Å². The summed E-state index contributed by atoms with van der Waals surface area (Å²) in [6, 6.07) is 14.6. The number of sulfonamides is 1. The number of aromatic nitrogens is 1. The van der Waals surface area contributed by atoms with Crippen LogP contribution in [0.2, 0.25) is 5.02 Å². The number of nitrogens with zero attached hydrogens (tertiary/aromatic N) is 1. The minimum Gasteiger partial charge on any atom is -0.301 e. The van der Waals surface area contributed by atoms with E-state index in [0.717, 1.165) is 22.3 Å². The van der Waals surface area contributed by atoms with E-state index >= 15 is 0 Å². The fraction of sp³-hybridized carbons (Fsp3) is 0.238. The van der Waals surface area contributed by atoms with Crippen molar-refractivity contribution >= 4 is 49.7 Å². The number of hydrogen-bond acceptors (Lipinski definition) is 5. The molecule has 1 aliphatic carbocycles. The van der Waals surface area contributed by atoms with Gasteiger partial charge in [0.2, 0.25) is 15.9 Å². The molecule has 0 bridgehead atoms. The Balaban J connectivity index is 1.47. The predicted octanol–water partition coefficient (Wildman–Crippen LogP) is 4.43. The molecule has 0 saturated heterocycles. The molecule has 1 amide bonds. The SMILES string of the molecule is CS(=O)(=O)Nc1cccc(C2(C(=O)Nc3ncc(Cc4ccccc4Cl)s3)CC2)c1. The molecule has 0 atom stereocenters. The highest BCUT2D eigenvalue weighted by atomic mass is 35.5. The van der Waals surface area contributed by atoms with Crippen LogP contribution in [0, 0.1) is 0 Å². The molecule has 0 radical (unpaired) electrons. The lowest BCUT2D eigenvalue weighted by molar-refractivity contribution is -0.118. The van der Waals surface area contributed by atoms with E-state index in [1.807, 2.05) is 30.3 Å². The summed E-state index contributed by atoms with van der Waals surface area (Å²) in [5.74, 6) is -0.127. The Morgan fingerprint density at radius 2 is 1.97 bits per heavy atom. The highest BCUT2D eigenvalue weighted by molar-refractivity contribution is 7.92. The number of carbonyl (C=O) groups excluding carboxylic acids is 1. The Hall–Kier alpha value is -2.42. The summed E-state index contributed by atoms with van der Waals surface area (Å²) in [4.78, 5) is 18.3. The molecule has 6 nitrogen and oxygen atoms in total. The van der Waals surface area contributed by atoms with E-state index in [9.17, 15) is 13.2 Å². The van der Waals surface area contributed by atoms with E-state index < -0.39 is 15.4 Å². The Labute approximate surface area is 184 Å². The molecule has 1 heterocycles. The number of carbonyl (C=O) groups is 1. The van der Waals surface area contributed by atoms with Crippen LogP contribution in [0.3, 0.4) is 0 Å². The summed E-state index contributed by atoms with van der Waals surface area (Å²) in [7, 11) is -3.38. The van der Waals surface area contributed by atoms with Gasteiger partial charge in [-0.3, -0.25) is 9.52 Å². The van der Waals surface area contributed by atoms with Gasteiger partial charge in [0.1, 0.15) is 0 Å². The number of thiazole rings is 1. The predicted molar refractivity (Wildman–Crippen MR) is 121 cm³/mol. The molecule has 3 aromatic rings. The number of anilines is 2. The van der Waals surface area contributed by atoms with Gasteiger partial charge < -0.3 is 5.32 Å². The maximum absolute atomic E-state index is 13.0. The van der Waals surface area contributed by atoms with E-state index in [2.05, 4.69) is 15.0 Å². The van der Waals surface area contributed by atoms with Gasteiger partial charge >= 0.3 is 0 Å². The molecule has 0 spiro atoms. The van der Waals surface area contributed by atoms with Crippen LogP contribution in [-0.2, 0) is 26.7 Å². The smallest absolute Gasteiger partial charge is 0.236 e. The van der Waals surface area contributed by atoms with Gasteiger partial charge in [0.15, 0.2) is 5.13 Å². The minimum atomic E-state index is -3.38. The second kappa shape index (κ2) is 8.02. The molecule has 1 fully saturated rings. The molecule has 2 aromatic carbocycles. The van der Waals surface area contributed by atoms with Crippen LogP contribution in [0.4, 0.5) is 10.8 Å². The number of hydrogen-bond donors (Lipinski definition) is 2. The maximum atomic E-state index is 13.0. The van der Waals surface area contributed by atoms with E-state index in [-0.39, 0.29) is 5.91 Å². The summed E-state index contributed by atoms with van der Waals surface area (Å²) in [6.07, 6.45) is 4.91. The first-order chi connectivity index (χ1) is 14.2. The number of amides is 1. The van der Waals surface area contributed by atoms with Crippen molar-refractivity contribution < 1.29 is 13.2 Å². The molecule has 9 heteroatoms. The van der Waals surface area contributed by atoms with Gasteiger partial charge in [0.05, 0.1) is 11.7 Å². The lowest BCUT2D eigenvalue weighted by Gasteiger charge is -2.16. The highest BCUT2D eigenvalue weighted by Crippen LogP contribution is 2.49. The van der Waals surface area contributed by atoms with Crippen LogP contribution in [0.1, 0.15) is 28.8 Å². The summed E-state index contributed by atoms with van der Waals surface area (Å²) < 4.78 is 25.5. The van der Waals surface area contributed by atoms with Gasteiger partial charge in [-0.2, -0.15) is 0 Å². The standard InChI is InChI=1S/C21H20ClN3O3S2/c1-30(27,28)25-16-7-4-6-15(12-16)21(9-10-21)19(26)24-20-23-13-17(29-20)11-14-5-2-3-8-18(14)22/h2-8,12-13,25H,9-11H2,1H3,(H,23,24,26). The van der Waals surface area contributed by atoms with Crippen molar-refractivity contribution in [2.24, 2.45) is 0 Å². The molecule has 1 aliphatic rings. The van der Waals surface area contributed by atoms with Crippen LogP contribution in [0.25, 0.3) is 0 Å². The Kier molecular flexibility index (Phi) is 5.57. The molecule has 1 saturated carbocycles. The van der Waals surface area contributed by atoms with Gasteiger partial charge in [-0.05, 0) is 42.2 Å². The van der Waals surface area contributed by atoms with Crippen LogP contribution in [-0.4, -0.2) is 25.6 Å². The quantitative estimate of drug-likeness (QED) is 0.544. The monoisotopic (exact) mass is 461 g/mol. The normalized spacial score (nSPS) is 14.9. The summed E-state index contributed by atoms with van der Waals surface area (Å²) in [5.41, 5.74) is 1.60. The molecule has 4 rings (SSSR count). The fourth-order valence-electron chi connectivity index (χ4n) is 3.36. The Morgan fingerprint density at radius 3 is 2.67 bits per heavy atom. The van der Waals surface area contributed by atoms with Crippen molar-refractivity contribution in [2.45, 2.75) is 24.7 Å². The van der Waals surface area contributed by atoms with Crippen molar-refractivity contribution in [1.29, 1.82) is 0 Å². The number of benzene rings is 2. The van der Waals surface area contributed by atoms with E-state index in [4.69, 9.17) is 11.6 Å². The van der Waals surface area contributed by atoms with Crippen LogP contribution in [0.5, 0.6) is 0 Å². The second-order valence-corrected chi connectivity index (χ2v) is 10.7. The average Bonchev–Trinajstić information content (AvgIpc) is 3.39. The van der Waals surface area contributed by atoms with Gasteiger partial charge in [-0.1, -0.05) is 41.9 Å². The van der Waals surface area contributed by atoms with Crippen LogP contribution in [0.15, 0.2) is 54.7 Å². The average molecular weight is 462 g/mol. The molecule has 30 heavy (non-hydrogen) atoms. The summed E-state index contributed by atoms with van der Waals surface area (Å²) in [6.45, 7) is 0. The number of rotatable bonds is 7. The van der Waals surface area contributed by atoms with Crippen molar-refractivity contribution in [3.63, 3.8) is 0 Å². The Bertz CT molecular complexity index is 1200. The maximum Gasteiger partial charge on any atom is 0.236 e. The molecule has 156 valence electrons. The van der Waals surface area contributed by atoms with Gasteiger partial charge in [0, 0.05) is 28.2 Å². The largest absolute Gasteiger partial charge is 0.301 e. The van der Waals surface area contributed by atoms with Crippen molar-refractivity contribution in [3.8, 4) is 0 Å². The zero-order valence-electron chi connectivity index (χ0n) is 16.2. The van der Waals surface area contributed by atoms with Crippen molar-refractivity contribution in [3.05, 3.63) is 75.8 Å². The number of nitrogens with one attached hydrogen (secondary N) is 2. The van der Waals surface area contributed by atoms with Crippen LogP contribution < -0.4 is 10.0 Å². The van der Waals surface area contributed by atoms with Crippen molar-refractivity contribution in [2.75, 3.05) is 16.3 Å². The summed E-state index contributed by atoms with van der Waals surface area (Å²) in [5, 5.41) is 4.17.